The lowest BCUT2D eigenvalue weighted by Gasteiger charge is -2.23. The lowest BCUT2D eigenvalue weighted by Crippen LogP contribution is -2.44. The Hall–Kier alpha value is -1.17. The SMILES string of the molecule is CC(C)c1nsc(N2CCC(C(=O)NC(C)(C)C)C2)n1. The summed E-state index contributed by atoms with van der Waals surface area (Å²) >= 11 is 1.44. The van der Waals surface area contributed by atoms with Crippen LogP contribution in [0.3, 0.4) is 0 Å². The predicted octanol–water partition coefficient (Wildman–Crippen LogP) is 2.40. The normalized spacial score (nSPS) is 19.7. The molecule has 1 N–H and O–H groups in total. The second kappa shape index (κ2) is 5.68. The highest BCUT2D eigenvalue weighted by atomic mass is 32.1. The van der Waals surface area contributed by atoms with Crippen molar-refractivity contribution < 1.29 is 4.79 Å². The predicted molar refractivity (Wildman–Crippen MR) is 82.2 cm³/mol. The van der Waals surface area contributed by atoms with Crippen LogP contribution in [0.5, 0.6) is 0 Å². The summed E-state index contributed by atoms with van der Waals surface area (Å²) in [5.74, 6) is 1.45. The van der Waals surface area contributed by atoms with Crippen molar-refractivity contribution in [2.24, 2.45) is 5.92 Å². The maximum absolute atomic E-state index is 12.2. The van der Waals surface area contributed by atoms with E-state index in [1.807, 2.05) is 20.8 Å². The van der Waals surface area contributed by atoms with E-state index in [2.05, 4.69) is 33.4 Å². The Labute approximate surface area is 124 Å². The van der Waals surface area contributed by atoms with E-state index in [0.29, 0.717) is 5.92 Å². The maximum Gasteiger partial charge on any atom is 0.225 e. The third-order valence-corrected chi connectivity index (χ3v) is 4.07. The van der Waals surface area contributed by atoms with Crippen LogP contribution in [-0.4, -0.2) is 33.9 Å². The van der Waals surface area contributed by atoms with E-state index >= 15 is 0 Å². The average Bonchev–Trinajstić information content (AvgIpc) is 2.95. The number of hydrogen-bond acceptors (Lipinski definition) is 5. The molecule has 0 saturated carbocycles. The van der Waals surface area contributed by atoms with E-state index in [0.717, 1.165) is 30.5 Å². The van der Waals surface area contributed by atoms with Gasteiger partial charge < -0.3 is 10.2 Å². The molecular formula is C14H24N4OS. The Kier molecular flexibility index (Phi) is 4.32. The molecule has 5 nitrogen and oxygen atoms in total. The Morgan fingerprint density at radius 2 is 2.15 bits per heavy atom. The molecule has 1 fully saturated rings. The molecule has 6 heteroatoms. The fourth-order valence-electron chi connectivity index (χ4n) is 2.21. The molecule has 1 saturated heterocycles. The molecule has 1 amide bonds. The van der Waals surface area contributed by atoms with Gasteiger partial charge in [-0.15, -0.1) is 0 Å². The van der Waals surface area contributed by atoms with Crippen LogP contribution >= 0.6 is 11.5 Å². The first-order valence-electron chi connectivity index (χ1n) is 7.17. The van der Waals surface area contributed by atoms with E-state index in [9.17, 15) is 4.79 Å². The molecule has 1 unspecified atom stereocenters. The quantitative estimate of drug-likeness (QED) is 0.930. The number of rotatable bonds is 3. The van der Waals surface area contributed by atoms with E-state index in [-0.39, 0.29) is 17.4 Å². The monoisotopic (exact) mass is 296 g/mol. The van der Waals surface area contributed by atoms with Crippen molar-refractivity contribution in [2.45, 2.75) is 52.5 Å². The minimum Gasteiger partial charge on any atom is -0.351 e. The van der Waals surface area contributed by atoms with Crippen molar-refractivity contribution >= 4 is 22.6 Å². The van der Waals surface area contributed by atoms with Gasteiger partial charge in [-0.2, -0.15) is 4.37 Å². The fraction of sp³-hybridized carbons (Fsp3) is 0.786. The van der Waals surface area contributed by atoms with E-state index in [1.54, 1.807) is 0 Å². The largest absolute Gasteiger partial charge is 0.351 e. The van der Waals surface area contributed by atoms with Crippen molar-refractivity contribution in [2.75, 3.05) is 18.0 Å². The summed E-state index contributed by atoms with van der Waals surface area (Å²) in [5, 5.41) is 4.00. The molecule has 0 aromatic carbocycles. The van der Waals surface area contributed by atoms with Crippen LogP contribution in [-0.2, 0) is 4.79 Å². The van der Waals surface area contributed by atoms with Crippen molar-refractivity contribution in [1.29, 1.82) is 0 Å². The van der Waals surface area contributed by atoms with Gasteiger partial charge in [-0.3, -0.25) is 4.79 Å². The van der Waals surface area contributed by atoms with Crippen molar-refractivity contribution in [3.8, 4) is 0 Å². The molecule has 1 aromatic heterocycles. The second-order valence-corrected chi connectivity index (χ2v) is 7.49. The summed E-state index contributed by atoms with van der Waals surface area (Å²) in [7, 11) is 0. The summed E-state index contributed by atoms with van der Waals surface area (Å²) in [4.78, 5) is 18.9. The van der Waals surface area contributed by atoms with Gasteiger partial charge in [0, 0.05) is 36.1 Å². The van der Waals surface area contributed by atoms with Crippen LogP contribution in [0.4, 0.5) is 5.13 Å². The fourth-order valence-corrected chi connectivity index (χ4v) is 3.05. The van der Waals surface area contributed by atoms with E-state index in [1.165, 1.54) is 11.5 Å². The molecule has 1 aromatic rings. The molecular weight excluding hydrogens is 272 g/mol. The molecule has 1 aliphatic heterocycles. The average molecular weight is 296 g/mol. The number of nitrogens with zero attached hydrogens (tertiary/aromatic N) is 3. The zero-order valence-electron chi connectivity index (χ0n) is 12.9. The van der Waals surface area contributed by atoms with Crippen molar-refractivity contribution in [3.05, 3.63) is 5.82 Å². The molecule has 2 heterocycles. The number of anilines is 1. The summed E-state index contributed by atoms with van der Waals surface area (Å²) in [6.07, 6.45) is 0.887. The molecule has 2 rings (SSSR count). The highest BCUT2D eigenvalue weighted by molar-refractivity contribution is 7.09. The topological polar surface area (TPSA) is 58.1 Å². The first kappa shape index (κ1) is 15.2. The Bertz CT molecular complexity index is 478. The highest BCUT2D eigenvalue weighted by Crippen LogP contribution is 2.27. The summed E-state index contributed by atoms with van der Waals surface area (Å²) in [5.41, 5.74) is -0.169. The van der Waals surface area contributed by atoms with Gasteiger partial charge in [0.15, 0.2) is 0 Å². The Morgan fingerprint density at radius 3 is 2.70 bits per heavy atom. The smallest absolute Gasteiger partial charge is 0.225 e. The standard InChI is InChI=1S/C14H24N4OS/c1-9(2)11-15-13(20-17-11)18-7-6-10(8-18)12(19)16-14(3,4)5/h9-10H,6-8H2,1-5H3,(H,16,19). The van der Waals surface area contributed by atoms with Crippen LogP contribution < -0.4 is 10.2 Å². The maximum atomic E-state index is 12.2. The van der Waals surface area contributed by atoms with Gasteiger partial charge in [0.1, 0.15) is 5.82 Å². The van der Waals surface area contributed by atoms with E-state index in [4.69, 9.17) is 0 Å². The highest BCUT2D eigenvalue weighted by Gasteiger charge is 2.31. The van der Waals surface area contributed by atoms with Crippen LogP contribution in [0.1, 0.15) is 52.8 Å². The molecule has 0 radical (unpaired) electrons. The lowest BCUT2D eigenvalue weighted by molar-refractivity contribution is -0.125. The van der Waals surface area contributed by atoms with Crippen molar-refractivity contribution in [3.63, 3.8) is 0 Å². The Balaban J connectivity index is 1.96. The second-order valence-electron chi connectivity index (χ2n) is 6.76. The molecule has 1 aliphatic rings. The number of aromatic nitrogens is 2. The van der Waals surface area contributed by atoms with Gasteiger partial charge >= 0.3 is 0 Å². The summed E-state index contributed by atoms with van der Waals surface area (Å²) in [6.45, 7) is 11.8. The lowest BCUT2D eigenvalue weighted by atomic mass is 10.0. The van der Waals surface area contributed by atoms with Gasteiger partial charge in [0.2, 0.25) is 11.0 Å². The number of carbonyl (C=O) groups is 1. The minimum atomic E-state index is -0.169. The minimum absolute atomic E-state index is 0.0561. The number of amides is 1. The molecule has 0 aliphatic carbocycles. The molecule has 1 atom stereocenters. The Morgan fingerprint density at radius 1 is 1.45 bits per heavy atom. The van der Waals surface area contributed by atoms with Gasteiger partial charge in [-0.1, -0.05) is 13.8 Å². The first-order chi connectivity index (χ1) is 9.26. The van der Waals surface area contributed by atoms with Crippen LogP contribution in [0, 0.1) is 5.92 Å². The van der Waals surface area contributed by atoms with Crippen molar-refractivity contribution in [1.82, 2.24) is 14.7 Å². The number of carbonyl (C=O) groups excluding carboxylic acids is 1. The van der Waals surface area contributed by atoms with Gasteiger partial charge in [0.05, 0.1) is 5.92 Å². The van der Waals surface area contributed by atoms with Crippen LogP contribution in [0.25, 0.3) is 0 Å². The number of hydrogen-bond donors (Lipinski definition) is 1. The third kappa shape index (κ3) is 3.69. The third-order valence-electron chi connectivity index (χ3n) is 3.28. The summed E-state index contributed by atoms with van der Waals surface area (Å²) in [6, 6.07) is 0. The van der Waals surface area contributed by atoms with Crippen LogP contribution in [0.2, 0.25) is 0 Å². The van der Waals surface area contributed by atoms with E-state index < -0.39 is 0 Å². The molecule has 0 spiro atoms. The van der Waals surface area contributed by atoms with Gasteiger partial charge in [-0.05, 0) is 27.2 Å². The summed E-state index contributed by atoms with van der Waals surface area (Å²) < 4.78 is 4.38. The van der Waals surface area contributed by atoms with Crippen LogP contribution in [0.15, 0.2) is 0 Å². The van der Waals surface area contributed by atoms with Gasteiger partial charge in [-0.25, -0.2) is 4.98 Å². The van der Waals surface area contributed by atoms with Gasteiger partial charge in [0.25, 0.3) is 0 Å². The molecule has 20 heavy (non-hydrogen) atoms. The zero-order valence-corrected chi connectivity index (χ0v) is 13.8. The molecule has 112 valence electrons. The zero-order chi connectivity index (χ0) is 14.9. The first-order valence-corrected chi connectivity index (χ1v) is 7.94. The number of nitrogens with one attached hydrogen (secondary N) is 1. The molecule has 0 bridgehead atoms.